The fourth-order valence-electron chi connectivity index (χ4n) is 3.01. The second-order valence-corrected chi connectivity index (χ2v) is 6.65. The predicted octanol–water partition coefficient (Wildman–Crippen LogP) is 4.66. The number of carboxylic acids is 1. The maximum atomic E-state index is 11.0. The summed E-state index contributed by atoms with van der Waals surface area (Å²) in [4.78, 5) is 13.1. The van der Waals surface area contributed by atoms with Crippen LogP contribution in [0.25, 0.3) is 10.8 Å². The standard InChI is InChI=1S/C19H14BrNO3/c20-14-4-7-16-13(9-14)3-8-18-17(16)10-21(11-24-18)15-5-1-12(2-6-15)19(22)23/h1-9H,10-11H2,(H,22,23). The van der Waals surface area contributed by atoms with Gasteiger partial charge in [0, 0.05) is 15.7 Å². The summed E-state index contributed by atoms with van der Waals surface area (Å²) < 4.78 is 6.95. The average molecular weight is 384 g/mol. The summed E-state index contributed by atoms with van der Waals surface area (Å²) >= 11 is 3.51. The van der Waals surface area contributed by atoms with Crippen molar-refractivity contribution < 1.29 is 14.6 Å². The van der Waals surface area contributed by atoms with Gasteiger partial charge in [0.25, 0.3) is 0 Å². The van der Waals surface area contributed by atoms with E-state index in [0.717, 1.165) is 33.4 Å². The third-order valence-electron chi connectivity index (χ3n) is 4.25. The van der Waals surface area contributed by atoms with Gasteiger partial charge in [-0.25, -0.2) is 4.79 Å². The molecule has 0 amide bonds. The van der Waals surface area contributed by atoms with Gasteiger partial charge in [0.2, 0.25) is 0 Å². The smallest absolute Gasteiger partial charge is 0.335 e. The largest absolute Gasteiger partial charge is 0.478 e. The van der Waals surface area contributed by atoms with Crippen LogP contribution in [0, 0.1) is 0 Å². The topological polar surface area (TPSA) is 49.8 Å². The molecule has 4 rings (SSSR count). The summed E-state index contributed by atoms with van der Waals surface area (Å²) in [5, 5.41) is 11.3. The van der Waals surface area contributed by atoms with E-state index in [9.17, 15) is 4.79 Å². The summed E-state index contributed by atoms with van der Waals surface area (Å²) in [5.41, 5.74) is 2.38. The molecule has 0 fully saturated rings. The Kier molecular flexibility index (Phi) is 3.65. The minimum absolute atomic E-state index is 0.285. The molecule has 5 heteroatoms. The maximum Gasteiger partial charge on any atom is 0.335 e. The van der Waals surface area contributed by atoms with E-state index in [1.165, 1.54) is 5.39 Å². The number of nitrogens with zero attached hydrogens (tertiary/aromatic N) is 1. The molecule has 0 aromatic heterocycles. The van der Waals surface area contributed by atoms with E-state index in [2.05, 4.69) is 39.0 Å². The van der Waals surface area contributed by atoms with Crippen LogP contribution in [0.1, 0.15) is 15.9 Å². The number of halogens is 1. The summed E-state index contributed by atoms with van der Waals surface area (Å²) in [6, 6.07) is 17.2. The van der Waals surface area contributed by atoms with Gasteiger partial charge in [-0.3, -0.25) is 0 Å². The zero-order valence-corrected chi connectivity index (χ0v) is 14.3. The Morgan fingerprint density at radius 2 is 1.88 bits per heavy atom. The van der Waals surface area contributed by atoms with Crippen LogP contribution < -0.4 is 9.64 Å². The van der Waals surface area contributed by atoms with Crippen molar-refractivity contribution in [3.8, 4) is 5.75 Å². The first kappa shape index (κ1) is 15.0. The molecule has 1 heterocycles. The van der Waals surface area contributed by atoms with Crippen molar-refractivity contribution in [1.82, 2.24) is 0 Å². The first-order valence-electron chi connectivity index (χ1n) is 7.54. The van der Waals surface area contributed by atoms with E-state index >= 15 is 0 Å². The van der Waals surface area contributed by atoms with Crippen LogP contribution in [-0.4, -0.2) is 17.8 Å². The molecule has 0 radical (unpaired) electrons. The van der Waals surface area contributed by atoms with Gasteiger partial charge in [-0.05, 0) is 53.2 Å². The molecule has 0 saturated carbocycles. The summed E-state index contributed by atoms with van der Waals surface area (Å²) in [7, 11) is 0. The molecule has 0 aliphatic carbocycles. The minimum Gasteiger partial charge on any atom is -0.478 e. The zero-order chi connectivity index (χ0) is 16.7. The van der Waals surface area contributed by atoms with Crippen LogP contribution in [-0.2, 0) is 6.54 Å². The predicted molar refractivity (Wildman–Crippen MR) is 96.7 cm³/mol. The minimum atomic E-state index is -0.918. The van der Waals surface area contributed by atoms with E-state index in [4.69, 9.17) is 9.84 Å². The number of carboxylic acid groups (broad SMARTS) is 1. The third kappa shape index (κ3) is 2.61. The lowest BCUT2D eigenvalue weighted by molar-refractivity contribution is 0.0697. The Bertz CT molecular complexity index is 937. The van der Waals surface area contributed by atoms with Crippen LogP contribution in [0.4, 0.5) is 5.69 Å². The Morgan fingerprint density at radius 3 is 2.62 bits per heavy atom. The molecular formula is C19H14BrNO3. The van der Waals surface area contributed by atoms with Gasteiger partial charge >= 0.3 is 5.97 Å². The summed E-state index contributed by atoms with van der Waals surface area (Å²) in [5.74, 6) is -0.0124. The lowest BCUT2D eigenvalue weighted by atomic mass is 10.0. The van der Waals surface area contributed by atoms with E-state index in [0.29, 0.717) is 6.73 Å². The van der Waals surface area contributed by atoms with Crippen LogP contribution in [0.5, 0.6) is 5.75 Å². The number of ether oxygens (including phenoxy) is 1. The van der Waals surface area contributed by atoms with Crippen LogP contribution >= 0.6 is 15.9 Å². The maximum absolute atomic E-state index is 11.0. The second kappa shape index (κ2) is 5.83. The molecule has 0 spiro atoms. The molecule has 4 nitrogen and oxygen atoms in total. The zero-order valence-electron chi connectivity index (χ0n) is 12.7. The summed E-state index contributed by atoms with van der Waals surface area (Å²) in [6.45, 7) is 1.17. The molecule has 24 heavy (non-hydrogen) atoms. The van der Waals surface area contributed by atoms with Gasteiger partial charge in [0.05, 0.1) is 12.1 Å². The average Bonchev–Trinajstić information content (AvgIpc) is 2.61. The lowest BCUT2D eigenvalue weighted by Gasteiger charge is -2.31. The van der Waals surface area contributed by atoms with E-state index in [-0.39, 0.29) is 5.56 Å². The highest BCUT2D eigenvalue weighted by Crippen LogP contribution is 2.35. The highest BCUT2D eigenvalue weighted by Gasteiger charge is 2.20. The van der Waals surface area contributed by atoms with Gasteiger partial charge in [-0.1, -0.05) is 28.1 Å². The van der Waals surface area contributed by atoms with Gasteiger partial charge in [-0.2, -0.15) is 0 Å². The van der Waals surface area contributed by atoms with Crippen LogP contribution in [0.15, 0.2) is 59.1 Å². The van der Waals surface area contributed by atoms with Crippen molar-refractivity contribution in [2.75, 3.05) is 11.6 Å². The van der Waals surface area contributed by atoms with E-state index < -0.39 is 5.97 Å². The van der Waals surface area contributed by atoms with Crippen LogP contribution in [0.3, 0.4) is 0 Å². The van der Waals surface area contributed by atoms with Gasteiger partial charge in [0.15, 0.2) is 6.73 Å². The quantitative estimate of drug-likeness (QED) is 0.699. The number of rotatable bonds is 2. The number of hydrogen-bond donors (Lipinski definition) is 1. The normalized spacial score (nSPS) is 13.5. The van der Waals surface area contributed by atoms with E-state index in [1.807, 2.05) is 24.3 Å². The first-order chi connectivity index (χ1) is 11.6. The van der Waals surface area contributed by atoms with Crippen molar-refractivity contribution in [1.29, 1.82) is 0 Å². The molecule has 3 aromatic rings. The molecule has 0 bridgehead atoms. The van der Waals surface area contributed by atoms with Gasteiger partial charge in [-0.15, -0.1) is 0 Å². The third-order valence-corrected chi connectivity index (χ3v) is 4.75. The number of hydrogen-bond acceptors (Lipinski definition) is 3. The SMILES string of the molecule is O=C(O)c1ccc(N2COc3ccc4cc(Br)ccc4c3C2)cc1. The fraction of sp³-hybridized carbons (Fsp3) is 0.105. The molecule has 1 N–H and O–H groups in total. The monoisotopic (exact) mass is 383 g/mol. The Labute approximate surface area is 147 Å². The van der Waals surface area contributed by atoms with Gasteiger partial charge < -0.3 is 14.7 Å². The van der Waals surface area contributed by atoms with Crippen molar-refractivity contribution in [2.24, 2.45) is 0 Å². The Balaban J connectivity index is 1.71. The van der Waals surface area contributed by atoms with Crippen molar-refractivity contribution in [3.63, 3.8) is 0 Å². The van der Waals surface area contributed by atoms with Crippen molar-refractivity contribution >= 4 is 38.4 Å². The number of anilines is 1. The van der Waals surface area contributed by atoms with Crippen molar-refractivity contribution in [3.05, 3.63) is 70.2 Å². The number of fused-ring (bicyclic) bond motifs is 3. The number of aromatic carboxylic acids is 1. The van der Waals surface area contributed by atoms with Crippen LogP contribution in [0.2, 0.25) is 0 Å². The molecule has 1 aliphatic rings. The molecule has 120 valence electrons. The molecule has 0 unspecified atom stereocenters. The van der Waals surface area contributed by atoms with E-state index in [1.54, 1.807) is 12.1 Å². The Morgan fingerprint density at radius 1 is 1.08 bits per heavy atom. The number of carbonyl (C=O) groups is 1. The fourth-order valence-corrected chi connectivity index (χ4v) is 3.39. The van der Waals surface area contributed by atoms with Gasteiger partial charge in [0.1, 0.15) is 5.75 Å². The van der Waals surface area contributed by atoms with Crippen molar-refractivity contribution in [2.45, 2.75) is 6.54 Å². The number of benzene rings is 3. The Hall–Kier alpha value is -2.53. The highest BCUT2D eigenvalue weighted by molar-refractivity contribution is 9.10. The molecule has 3 aromatic carbocycles. The first-order valence-corrected chi connectivity index (χ1v) is 8.33. The highest BCUT2D eigenvalue weighted by atomic mass is 79.9. The molecule has 0 saturated heterocycles. The molecule has 0 atom stereocenters. The molecule has 1 aliphatic heterocycles. The summed E-state index contributed by atoms with van der Waals surface area (Å²) in [6.07, 6.45) is 0. The second-order valence-electron chi connectivity index (χ2n) is 5.73. The molecular weight excluding hydrogens is 370 g/mol. The lowest BCUT2D eigenvalue weighted by Crippen LogP contribution is -2.32.